The second-order valence-corrected chi connectivity index (χ2v) is 6.03. The fraction of sp³-hybridized carbons (Fsp3) is 0.211. The van der Waals surface area contributed by atoms with E-state index >= 15 is 0 Å². The first-order valence-corrected chi connectivity index (χ1v) is 7.83. The summed E-state index contributed by atoms with van der Waals surface area (Å²) >= 11 is 0. The molecule has 0 unspecified atom stereocenters. The van der Waals surface area contributed by atoms with Crippen molar-refractivity contribution < 1.29 is 9.53 Å². The summed E-state index contributed by atoms with van der Waals surface area (Å²) in [6, 6.07) is 12.8. The van der Waals surface area contributed by atoms with E-state index in [-0.39, 0.29) is 5.92 Å². The van der Waals surface area contributed by atoms with E-state index in [1.54, 1.807) is 24.4 Å². The number of benzene rings is 1. The third-order valence-corrected chi connectivity index (χ3v) is 3.58. The molecule has 0 saturated carbocycles. The average molecular weight is 321 g/mol. The van der Waals surface area contributed by atoms with Gasteiger partial charge in [0.05, 0.1) is 17.8 Å². The summed E-state index contributed by atoms with van der Waals surface area (Å²) in [6.45, 7) is 4.36. The molecule has 0 bridgehead atoms. The van der Waals surface area contributed by atoms with Gasteiger partial charge in [-0.05, 0) is 36.2 Å². The van der Waals surface area contributed by atoms with Crippen molar-refractivity contribution in [2.24, 2.45) is 5.92 Å². The molecule has 0 amide bonds. The molecule has 122 valence electrons. The van der Waals surface area contributed by atoms with E-state index in [0.29, 0.717) is 23.7 Å². The molecule has 0 radical (unpaired) electrons. The number of nitrogens with two attached hydrogens (primary N) is 1. The third kappa shape index (κ3) is 3.35. The fourth-order valence-electron chi connectivity index (χ4n) is 2.35. The molecule has 5 nitrogen and oxygen atoms in total. The van der Waals surface area contributed by atoms with Crippen LogP contribution in [0.1, 0.15) is 24.3 Å². The van der Waals surface area contributed by atoms with Gasteiger partial charge in [-0.3, -0.25) is 4.98 Å². The van der Waals surface area contributed by atoms with Crippen LogP contribution in [0.5, 0.6) is 0 Å². The van der Waals surface area contributed by atoms with E-state index in [1.807, 2.05) is 38.1 Å². The van der Waals surface area contributed by atoms with Gasteiger partial charge in [-0.2, -0.15) is 0 Å². The van der Waals surface area contributed by atoms with Crippen LogP contribution in [-0.4, -0.2) is 22.5 Å². The number of esters is 1. The summed E-state index contributed by atoms with van der Waals surface area (Å²) in [5.41, 5.74) is 9.37. The zero-order valence-electron chi connectivity index (χ0n) is 13.7. The highest BCUT2D eigenvalue weighted by Crippen LogP contribution is 2.25. The lowest BCUT2D eigenvalue weighted by atomic mass is 10.1. The molecule has 0 spiro atoms. The Kier molecular flexibility index (Phi) is 4.42. The number of carbonyl (C=O) groups is 1. The van der Waals surface area contributed by atoms with Crippen LogP contribution >= 0.6 is 0 Å². The molecular formula is C19H19N3O2. The lowest BCUT2D eigenvalue weighted by molar-refractivity contribution is 0.0452. The van der Waals surface area contributed by atoms with Gasteiger partial charge in [-0.1, -0.05) is 26.0 Å². The zero-order valence-corrected chi connectivity index (χ0v) is 13.7. The number of aromatic nitrogens is 2. The first kappa shape index (κ1) is 15.9. The van der Waals surface area contributed by atoms with Gasteiger partial charge in [-0.25, -0.2) is 9.78 Å². The molecule has 0 aliphatic heterocycles. The fourth-order valence-corrected chi connectivity index (χ4v) is 2.35. The Morgan fingerprint density at radius 2 is 2.04 bits per heavy atom. The molecule has 2 aromatic heterocycles. The molecule has 0 aliphatic rings. The molecule has 2 N–H and O–H groups in total. The van der Waals surface area contributed by atoms with E-state index < -0.39 is 5.97 Å². The van der Waals surface area contributed by atoms with Gasteiger partial charge in [-0.15, -0.1) is 0 Å². The molecule has 1 aromatic carbocycles. The Bertz CT molecular complexity index is 891. The highest BCUT2D eigenvalue weighted by atomic mass is 16.5. The minimum atomic E-state index is -0.410. The number of pyridine rings is 2. The van der Waals surface area contributed by atoms with Gasteiger partial charge in [0.15, 0.2) is 0 Å². The van der Waals surface area contributed by atoms with Crippen molar-refractivity contribution in [1.29, 1.82) is 0 Å². The molecule has 5 heteroatoms. The largest absolute Gasteiger partial charge is 0.461 e. The van der Waals surface area contributed by atoms with Crippen molar-refractivity contribution in [3.63, 3.8) is 0 Å². The van der Waals surface area contributed by atoms with E-state index in [0.717, 1.165) is 16.5 Å². The Morgan fingerprint density at radius 1 is 1.21 bits per heavy atom. The SMILES string of the molecule is CC(C)COC(=O)c1cccc(-c2ccc3nccc(N)c3c2)n1. The lowest BCUT2D eigenvalue weighted by Gasteiger charge is -2.08. The molecular weight excluding hydrogens is 302 g/mol. The van der Waals surface area contributed by atoms with Crippen molar-refractivity contribution in [2.75, 3.05) is 12.3 Å². The van der Waals surface area contributed by atoms with Crippen molar-refractivity contribution in [3.05, 3.63) is 54.4 Å². The van der Waals surface area contributed by atoms with Crippen LogP contribution in [0, 0.1) is 5.92 Å². The maximum absolute atomic E-state index is 12.1. The van der Waals surface area contributed by atoms with Crippen molar-refractivity contribution in [3.8, 4) is 11.3 Å². The normalized spacial score (nSPS) is 11.0. The molecule has 0 atom stereocenters. The number of rotatable bonds is 4. The molecule has 0 saturated heterocycles. The summed E-state index contributed by atoms with van der Waals surface area (Å²) in [5.74, 6) is -0.124. The van der Waals surface area contributed by atoms with Crippen molar-refractivity contribution in [2.45, 2.75) is 13.8 Å². The van der Waals surface area contributed by atoms with E-state index in [4.69, 9.17) is 10.5 Å². The molecule has 0 aliphatic carbocycles. The standard InChI is InChI=1S/C19H19N3O2/c1-12(2)11-24-19(23)18-5-3-4-16(22-18)13-6-7-17-14(10-13)15(20)8-9-21-17/h3-10,12H,11H2,1-2H3,(H2,20,21). The first-order chi connectivity index (χ1) is 11.5. The number of carbonyl (C=O) groups excluding carboxylic acids is 1. The van der Waals surface area contributed by atoms with Crippen LogP contribution in [-0.2, 0) is 4.74 Å². The van der Waals surface area contributed by atoms with Crippen molar-refractivity contribution >= 4 is 22.6 Å². The predicted molar refractivity (Wildman–Crippen MR) is 94.5 cm³/mol. The number of fused-ring (bicyclic) bond motifs is 1. The van der Waals surface area contributed by atoms with Crippen LogP contribution in [0.25, 0.3) is 22.2 Å². The van der Waals surface area contributed by atoms with E-state index in [9.17, 15) is 4.79 Å². The van der Waals surface area contributed by atoms with Crippen LogP contribution < -0.4 is 5.73 Å². The lowest BCUT2D eigenvalue weighted by Crippen LogP contribution is -2.11. The Hall–Kier alpha value is -2.95. The summed E-state index contributed by atoms with van der Waals surface area (Å²) in [4.78, 5) is 20.8. The third-order valence-electron chi connectivity index (χ3n) is 3.58. The average Bonchev–Trinajstić information content (AvgIpc) is 2.60. The number of nitrogens with zero attached hydrogens (tertiary/aromatic N) is 2. The molecule has 24 heavy (non-hydrogen) atoms. The predicted octanol–water partition coefficient (Wildman–Crippen LogP) is 3.69. The van der Waals surface area contributed by atoms with Crippen LogP contribution in [0.4, 0.5) is 5.69 Å². The quantitative estimate of drug-likeness (QED) is 0.741. The zero-order chi connectivity index (χ0) is 17.1. The Balaban J connectivity index is 1.94. The van der Waals surface area contributed by atoms with Gasteiger partial charge in [0.25, 0.3) is 0 Å². The summed E-state index contributed by atoms with van der Waals surface area (Å²) in [5, 5.41) is 0.865. The maximum Gasteiger partial charge on any atom is 0.356 e. The topological polar surface area (TPSA) is 78.1 Å². The number of hydrogen-bond acceptors (Lipinski definition) is 5. The molecule has 3 aromatic rings. The second kappa shape index (κ2) is 6.66. The van der Waals surface area contributed by atoms with Crippen LogP contribution in [0.15, 0.2) is 48.7 Å². The monoisotopic (exact) mass is 321 g/mol. The van der Waals surface area contributed by atoms with Crippen LogP contribution in [0.3, 0.4) is 0 Å². The number of hydrogen-bond donors (Lipinski definition) is 1. The van der Waals surface area contributed by atoms with E-state index in [2.05, 4.69) is 9.97 Å². The molecule has 0 fully saturated rings. The van der Waals surface area contributed by atoms with Gasteiger partial charge in [0.2, 0.25) is 0 Å². The van der Waals surface area contributed by atoms with Crippen molar-refractivity contribution in [1.82, 2.24) is 9.97 Å². The second-order valence-electron chi connectivity index (χ2n) is 6.03. The summed E-state index contributed by atoms with van der Waals surface area (Å²) in [7, 11) is 0. The highest BCUT2D eigenvalue weighted by Gasteiger charge is 2.12. The van der Waals surface area contributed by atoms with Gasteiger partial charge in [0, 0.05) is 22.8 Å². The number of anilines is 1. The number of ether oxygens (including phenoxy) is 1. The maximum atomic E-state index is 12.1. The van der Waals surface area contributed by atoms with Gasteiger partial charge in [0.1, 0.15) is 5.69 Å². The van der Waals surface area contributed by atoms with E-state index in [1.165, 1.54) is 0 Å². The molecule has 2 heterocycles. The molecule has 3 rings (SSSR count). The summed E-state index contributed by atoms with van der Waals surface area (Å²) < 4.78 is 5.24. The smallest absolute Gasteiger partial charge is 0.356 e. The first-order valence-electron chi connectivity index (χ1n) is 7.83. The minimum Gasteiger partial charge on any atom is -0.461 e. The summed E-state index contributed by atoms with van der Waals surface area (Å²) in [6.07, 6.45) is 1.68. The van der Waals surface area contributed by atoms with Gasteiger partial charge >= 0.3 is 5.97 Å². The highest BCUT2D eigenvalue weighted by molar-refractivity contribution is 5.93. The minimum absolute atomic E-state index is 0.285. The van der Waals surface area contributed by atoms with Gasteiger partial charge < -0.3 is 10.5 Å². The Labute approximate surface area is 140 Å². The number of nitrogen functional groups attached to an aromatic ring is 1. The van der Waals surface area contributed by atoms with Crippen LogP contribution in [0.2, 0.25) is 0 Å². The Morgan fingerprint density at radius 3 is 2.83 bits per heavy atom.